The Hall–Kier alpha value is -1.33. The summed E-state index contributed by atoms with van der Waals surface area (Å²) in [6, 6.07) is 1.94. The lowest BCUT2D eigenvalue weighted by Gasteiger charge is -2.24. The largest absolute Gasteiger partial charge is 0.463 e. The van der Waals surface area contributed by atoms with E-state index in [-0.39, 0.29) is 18.4 Å². The number of aliphatic hydroxyl groups excluding tert-OH is 1. The third-order valence-electron chi connectivity index (χ3n) is 3.68. The first-order valence-corrected chi connectivity index (χ1v) is 6.17. The van der Waals surface area contributed by atoms with Crippen LogP contribution in [0.3, 0.4) is 0 Å². The maximum absolute atomic E-state index is 11.5. The Labute approximate surface area is 106 Å². The molecule has 0 radical (unpaired) electrons. The number of ether oxygens (including phenoxy) is 1. The van der Waals surface area contributed by atoms with Crippen molar-refractivity contribution in [3.63, 3.8) is 0 Å². The van der Waals surface area contributed by atoms with Crippen molar-refractivity contribution in [2.75, 3.05) is 20.3 Å². The average molecular weight is 253 g/mol. The number of rotatable bonds is 4. The van der Waals surface area contributed by atoms with Gasteiger partial charge in [-0.05, 0) is 24.9 Å². The van der Waals surface area contributed by atoms with E-state index in [1.165, 1.54) is 13.4 Å². The summed E-state index contributed by atoms with van der Waals surface area (Å²) >= 11 is 0. The van der Waals surface area contributed by atoms with Gasteiger partial charge in [-0.1, -0.05) is 6.92 Å². The maximum atomic E-state index is 11.5. The Bertz CT molecular complexity index is 415. The van der Waals surface area contributed by atoms with Crippen molar-refractivity contribution in [3.8, 4) is 0 Å². The topological polar surface area (TPSA) is 62.9 Å². The predicted molar refractivity (Wildman–Crippen MR) is 65.1 cm³/mol. The fraction of sp³-hybridized carbons (Fsp3) is 0.615. The maximum Gasteiger partial charge on any atom is 0.374 e. The number of nitrogens with zero attached hydrogens (tertiary/aromatic N) is 1. The van der Waals surface area contributed by atoms with Crippen LogP contribution in [0.2, 0.25) is 0 Å². The molecule has 5 nitrogen and oxygen atoms in total. The number of likely N-dealkylation sites (tertiary alicyclic amines) is 1. The second-order valence-corrected chi connectivity index (χ2v) is 4.75. The SMILES string of the molecule is COC(=O)c1occc1CN1CCC(C)C1CO. The van der Waals surface area contributed by atoms with Crippen LogP contribution in [0.25, 0.3) is 0 Å². The van der Waals surface area contributed by atoms with Crippen LogP contribution < -0.4 is 0 Å². The average Bonchev–Trinajstić information content (AvgIpc) is 2.96. The summed E-state index contributed by atoms with van der Waals surface area (Å²) in [5, 5.41) is 9.40. The van der Waals surface area contributed by atoms with Gasteiger partial charge in [0.1, 0.15) is 0 Å². The standard InChI is InChI=1S/C13H19NO4/c1-9-3-5-14(11(9)8-15)7-10-4-6-18-12(10)13(16)17-2/h4,6,9,11,15H,3,5,7-8H2,1-2H3. The number of carbonyl (C=O) groups excluding carboxylic acids is 1. The Morgan fingerprint density at radius 3 is 3.11 bits per heavy atom. The van der Waals surface area contributed by atoms with Crippen molar-refractivity contribution >= 4 is 5.97 Å². The second-order valence-electron chi connectivity index (χ2n) is 4.75. The van der Waals surface area contributed by atoms with Gasteiger partial charge in [0.05, 0.1) is 20.0 Å². The molecule has 5 heteroatoms. The second kappa shape index (κ2) is 5.54. The van der Waals surface area contributed by atoms with Crippen LogP contribution >= 0.6 is 0 Å². The van der Waals surface area contributed by atoms with Gasteiger partial charge in [-0.15, -0.1) is 0 Å². The molecule has 0 spiro atoms. The number of aliphatic hydroxyl groups is 1. The lowest BCUT2D eigenvalue weighted by molar-refractivity contribution is 0.0560. The normalized spacial score (nSPS) is 24.4. The highest BCUT2D eigenvalue weighted by Gasteiger charge is 2.31. The van der Waals surface area contributed by atoms with Crippen LogP contribution in [0.15, 0.2) is 16.7 Å². The van der Waals surface area contributed by atoms with Crippen LogP contribution in [0.4, 0.5) is 0 Å². The van der Waals surface area contributed by atoms with Crippen molar-refractivity contribution in [1.82, 2.24) is 4.90 Å². The summed E-state index contributed by atoms with van der Waals surface area (Å²) in [6.45, 7) is 3.82. The molecule has 0 bridgehead atoms. The monoisotopic (exact) mass is 253 g/mol. The van der Waals surface area contributed by atoms with Gasteiger partial charge in [-0.25, -0.2) is 4.79 Å². The van der Waals surface area contributed by atoms with E-state index >= 15 is 0 Å². The van der Waals surface area contributed by atoms with Crippen molar-refractivity contribution in [1.29, 1.82) is 0 Å². The molecular formula is C13H19NO4. The van der Waals surface area contributed by atoms with Crippen LogP contribution in [0.5, 0.6) is 0 Å². The molecule has 100 valence electrons. The molecule has 2 rings (SSSR count). The number of furan rings is 1. The summed E-state index contributed by atoms with van der Waals surface area (Å²) in [7, 11) is 1.34. The lowest BCUT2D eigenvalue weighted by atomic mass is 10.0. The third kappa shape index (κ3) is 2.42. The van der Waals surface area contributed by atoms with E-state index < -0.39 is 5.97 Å². The van der Waals surface area contributed by atoms with E-state index in [9.17, 15) is 9.90 Å². The Morgan fingerprint density at radius 2 is 2.44 bits per heavy atom. The van der Waals surface area contributed by atoms with E-state index in [2.05, 4.69) is 16.6 Å². The smallest absolute Gasteiger partial charge is 0.374 e. The number of esters is 1. The zero-order valence-corrected chi connectivity index (χ0v) is 10.8. The van der Waals surface area contributed by atoms with Crippen LogP contribution in [0.1, 0.15) is 29.5 Å². The van der Waals surface area contributed by atoms with Gasteiger partial charge < -0.3 is 14.3 Å². The van der Waals surface area contributed by atoms with E-state index in [1.54, 1.807) is 6.07 Å². The molecule has 18 heavy (non-hydrogen) atoms. The van der Waals surface area contributed by atoms with Gasteiger partial charge in [0, 0.05) is 18.2 Å². The Balaban J connectivity index is 2.10. The summed E-state index contributed by atoms with van der Waals surface area (Å²) in [5.41, 5.74) is 0.814. The molecule has 1 fully saturated rings. The van der Waals surface area contributed by atoms with E-state index in [1.807, 2.05) is 0 Å². The molecule has 1 N–H and O–H groups in total. The van der Waals surface area contributed by atoms with E-state index in [0.717, 1.165) is 18.5 Å². The first-order chi connectivity index (χ1) is 8.67. The Morgan fingerprint density at radius 1 is 1.67 bits per heavy atom. The molecule has 2 atom stereocenters. The minimum absolute atomic E-state index is 0.145. The van der Waals surface area contributed by atoms with Crippen LogP contribution in [-0.4, -0.2) is 42.3 Å². The van der Waals surface area contributed by atoms with Gasteiger partial charge in [0.15, 0.2) is 0 Å². The highest BCUT2D eigenvalue weighted by molar-refractivity contribution is 5.87. The molecule has 0 amide bonds. The lowest BCUT2D eigenvalue weighted by Crippen LogP contribution is -2.34. The van der Waals surface area contributed by atoms with Crippen LogP contribution in [-0.2, 0) is 11.3 Å². The highest BCUT2D eigenvalue weighted by atomic mass is 16.5. The molecule has 0 aromatic carbocycles. The number of hydrogen-bond acceptors (Lipinski definition) is 5. The molecular weight excluding hydrogens is 234 g/mol. The fourth-order valence-corrected chi connectivity index (χ4v) is 2.53. The molecule has 1 aliphatic heterocycles. The first kappa shape index (κ1) is 13.1. The van der Waals surface area contributed by atoms with Gasteiger partial charge >= 0.3 is 5.97 Å². The highest BCUT2D eigenvalue weighted by Crippen LogP contribution is 2.26. The van der Waals surface area contributed by atoms with Gasteiger partial charge in [0.2, 0.25) is 5.76 Å². The number of carbonyl (C=O) groups is 1. The van der Waals surface area contributed by atoms with Crippen molar-refractivity contribution in [3.05, 3.63) is 23.7 Å². The Kier molecular flexibility index (Phi) is 4.04. The van der Waals surface area contributed by atoms with E-state index in [4.69, 9.17) is 4.42 Å². The molecule has 1 aromatic rings. The summed E-state index contributed by atoms with van der Waals surface area (Å²) in [6.07, 6.45) is 2.56. The van der Waals surface area contributed by atoms with Gasteiger partial charge in [-0.3, -0.25) is 4.90 Å². The molecule has 0 aliphatic carbocycles. The molecule has 2 heterocycles. The van der Waals surface area contributed by atoms with Gasteiger partial charge in [0.25, 0.3) is 0 Å². The fourth-order valence-electron chi connectivity index (χ4n) is 2.53. The minimum Gasteiger partial charge on any atom is -0.463 e. The zero-order valence-electron chi connectivity index (χ0n) is 10.8. The summed E-state index contributed by atoms with van der Waals surface area (Å²) in [4.78, 5) is 13.7. The predicted octanol–water partition coefficient (Wildman–Crippen LogP) is 1.27. The molecule has 1 saturated heterocycles. The van der Waals surface area contributed by atoms with Crippen LogP contribution in [0, 0.1) is 5.92 Å². The quantitative estimate of drug-likeness (QED) is 0.819. The van der Waals surface area contributed by atoms with Crippen molar-refractivity contribution < 1.29 is 19.1 Å². The number of methoxy groups -OCH3 is 1. The van der Waals surface area contributed by atoms with Crippen molar-refractivity contribution in [2.45, 2.75) is 25.9 Å². The zero-order chi connectivity index (χ0) is 13.1. The van der Waals surface area contributed by atoms with Gasteiger partial charge in [-0.2, -0.15) is 0 Å². The van der Waals surface area contributed by atoms with E-state index in [0.29, 0.717) is 12.5 Å². The molecule has 1 aliphatic rings. The molecule has 2 unspecified atom stereocenters. The minimum atomic E-state index is -0.456. The number of hydrogen-bond donors (Lipinski definition) is 1. The molecule has 0 saturated carbocycles. The first-order valence-electron chi connectivity index (χ1n) is 6.17. The summed E-state index contributed by atoms with van der Waals surface area (Å²) < 4.78 is 9.83. The molecule has 1 aromatic heterocycles. The van der Waals surface area contributed by atoms with Crippen molar-refractivity contribution in [2.24, 2.45) is 5.92 Å². The summed E-state index contributed by atoms with van der Waals surface area (Å²) in [5.74, 6) is 0.278. The third-order valence-corrected chi connectivity index (χ3v) is 3.68.